The van der Waals surface area contributed by atoms with Gasteiger partial charge in [-0.3, -0.25) is 4.79 Å². The first kappa shape index (κ1) is 23.9. The summed E-state index contributed by atoms with van der Waals surface area (Å²) in [5, 5.41) is 17.6. The summed E-state index contributed by atoms with van der Waals surface area (Å²) in [7, 11) is -3.08. The third-order valence-electron chi connectivity index (χ3n) is 4.23. The van der Waals surface area contributed by atoms with Crippen molar-refractivity contribution in [3.63, 3.8) is 0 Å². The molecule has 0 aromatic heterocycles. The molecule has 1 amide bonds. The minimum atomic E-state index is -4.69. The zero-order valence-electron chi connectivity index (χ0n) is 16.3. The first-order valence-electron chi connectivity index (χ1n) is 8.76. The molecule has 0 spiro atoms. The van der Waals surface area contributed by atoms with E-state index in [1.807, 2.05) is 12.1 Å². The van der Waals surface area contributed by atoms with Gasteiger partial charge in [0, 0.05) is 13.6 Å². The van der Waals surface area contributed by atoms with Gasteiger partial charge in [-0.05, 0) is 42.0 Å². The largest absolute Gasteiger partial charge is 0.406 e. The highest BCUT2D eigenvalue weighted by molar-refractivity contribution is 7.89. The monoisotopic (exact) mass is 450 g/mol. The molecule has 0 bridgehead atoms. The number of benzene rings is 2. The maximum Gasteiger partial charge on any atom is 0.406 e. The summed E-state index contributed by atoms with van der Waals surface area (Å²) in [6.07, 6.45) is -4.69. The SMILES string of the molecule is CN(CC(=O)N(Cc1ccc(C#N)cc1)CC(F)(F)F)S(=O)(=O)c1ccc(C#N)cc1. The Hall–Kier alpha value is -3.41. The van der Waals surface area contributed by atoms with Crippen LogP contribution in [0, 0.1) is 22.7 Å². The average molecular weight is 450 g/mol. The van der Waals surface area contributed by atoms with E-state index in [9.17, 15) is 26.4 Å². The van der Waals surface area contributed by atoms with Crippen molar-refractivity contribution in [2.75, 3.05) is 20.1 Å². The van der Waals surface area contributed by atoms with Crippen molar-refractivity contribution >= 4 is 15.9 Å². The maximum atomic E-state index is 13.0. The van der Waals surface area contributed by atoms with Crippen molar-refractivity contribution in [2.24, 2.45) is 0 Å². The van der Waals surface area contributed by atoms with Gasteiger partial charge in [-0.2, -0.15) is 28.0 Å². The predicted molar refractivity (Wildman–Crippen MR) is 104 cm³/mol. The Balaban J connectivity index is 2.20. The summed E-state index contributed by atoms with van der Waals surface area (Å²) in [6, 6.07) is 14.3. The number of hydrogen-bond donors (Lipinski definition) is 0. The molecule has 0 aliphatic carbocycles. The zero-order valence-corrected chi connectivity index (χ0v) is 17.1. The van der Waals surface area contributed by atoms with Crippen molar-refractivity contribution < 1.29 is 26.4 Å². The van der Waals surface area contributed by atoms with E-state index in [4.69, 9.17) is 10.5 Å². The lowest BCUT2D eigenvalue weighted by atomic mass is 10.1. The molecule has 0 fully saturated rings. The number of likely N-dealkylation sites (N-methyl/N-ethyl adjacent to an activating group) is 1. The van der Waals surface area contributed by atoms with Gasteiger partial charge >= 0.3 is 6.18 Å². The van der Waals surface area contributed by atoms with E-state index in [0.29, 0.717) is 20.3 Å². The van der Waals surface area contributed by atoms with Crippen molar-refractivity contribution in [3.05, 3.63) is 65.2 Å². The Morgan fingerprint density at radius 2 is 1.45 bits per heavy atom. The van der Waals surface area contributed by atoms with E-state index in [1.165, 1.54) is 48.5 Å². The van der Waals surface area contributed by atoms with E-state index in [1.54, 1.807) is 0 Å². The van der Waals surface area contributed by atoms with Crippen LogP contribution in [-0.4, -0.2) is 49.8 Å². The van der Waals surface area contributed by atoms with Gasteiger partial charge in [0.25, 0.3) is 0 Å². The molecular formula is C20H17F3N4O3S. The number of rotatable bonds is 7. The first-order valence-corrected chi connectivity index (χ1v) is 10.2. The van der Waals surface area contributed by atoms with Crippen LogP contribution in [0.5, 0.6) is 0 Å². The lowest BCUT2D eigenvalue weighted by Crippen LogP contribution is -2.44. The molecule has 0 N–H and O–H groups in total. The van der Waals surface area contributed by atoms with Gasteiger partial charge in [0.05, 0.1) is 34.7 Å². The Morgan fingerprint density at radius 3 is 1.90 bits per heavy atom. The third-order valence-corrected chi connectivity index (χ3v) is 6.05. The molecule has 2 rings (SSSR count). The van der Waals surface area contributed by atoms with Crippen LogP contribution >= 0.6 is 0 Å². The van der Waals surface area contributed by atoms with Crippen LogP contribution in [0.25, 0.3) is 0 Å². The van der Waals surface area contributed by atoms with Gasteiger partial charge < -0.3 is 4.90 Å². The van der Waals surface area contributed by atoms with E-state index >= 15 is 0 Å². The van der Waals surface area contributed by atoms with Crippen LogP contribution in [0.15, 0.2) is 53.4 Å². The topological polar surface area (TPSA) is 105 Å². The third kappa shape index (κ3) is 6.54. The number of amides is 1. The molecule has 0 aliphatic rings. The van der Waals surface area contributed by atoms with E-state index in [-0.39, 0.29) is 10.5 Å². The summed E-state index contributed by atoms with van der Waals surface area (Å²) in [6.45, 7) is -2.78. The van der Waals surface area contributed by atoms with Crippen LogP contribution in [0.4, 0.5) is 13.2 Å². The Bertz CT molecular complexity index is 1120. The number of nitriles is 2. The second-order valence-electron chi connectivity index (χ2n) is 6.57. The molecular weight excluding hydrogens is 433 g/mol. The Morgan fingerprint density at radius 1 is 0.968 bits per heavy atom. The molecule has 31 heavy (non-hydrogen) atoms. The summed E-state index contributed by atoms with van der Waals surface area (Å²) in [5.74, 6) is -1.04. The predicted octanol–water partition coefficient (Wildman–Crippen LogP) is 2.64. The summed E-state index contributed by atoms with van der Waals surface area (Å²) >= 11 is 0. The number of halogens is 3. The smallest absolute Gasteiger partial charge is 0.328 e. The lowest BCUT2D eigenvalue weighted by Gasteiger charge is -2.26. The molecule has 2 aromatic carbocycles. The highest BCUT2D eigenvalue weighted by Gasteiger charge is 2.34. The molecule has 0 radical (unpaired) electrons. The highest BCUT2D eigenvalue weighted by Crippen LogP contribution is 2.20. The summed E-state index contributed by atoms with van der Waals surface area (Å²) < 4.78 is 64.9. The van der Waals surface area contributed by atoms with Gasteiger partial charge in [0.2, 0.25) is 15.9 Å². The molecule has 2 aromatic rings. The van der Waals surface area contributed by atoms with E-state index < -0.39 is 41.7 Å². The van der Waals surface area contributed by atoms with Gasteiger partial charge in [0.1, 0.15) is 6.54 Å². The average Bonchev–Trinajstić information content (AvgIpc) is 2.72. The van der Waals surface area contributed by atoms with Crippen molar-refractivity contribution in [1.82, 2.24) is 9.21 Å². The lowest BCUT2D eigenvalue weighted by molar-refractivity contribution is -0.162. The van der Waals surface area contributed by atoms with Crippen molar-refractivity contribution in [3.8, 4) is 12.1 Å². The highest BCUT2D eigenvalue weighted by atomic mass is 32.2. The zero-order chi connectivity index (χ0) is 23.2. The van der Waals surface area contributed by atoms with Gasteiger partial charge in [0.15, 0.2) is 0 Å². The second-order valence-corrected chi connectivity index (χ2v) is 8.62. The van der Waals surface area contributed by atoms with E-state index in [2.05, 4.69) is 0 Å². The molecule has 0 unspecified atom stereocenters. The van der Waals surface area contributed by atoms with Crippen molar-refractivity contribution in [2.45, 2.75) is 17.6 Å². The molecule has 162 valence electrons. The van der Waals surface area contributed by atoms with Crippen LogP contribution < -0.4 is 0 Å². The summed E-state index contributed by atoms with van der Waals surface area (Å²) in [4.78, 5) is 12.9. The molecule has 0 aliphatic heterocycles. The van der Waals surface area contributed by atoms with Crippen LogP contribution in [0.1, 0.15) is 16.7 Å². The number of sulfonamides is 1. The fraction of sp³-hybridized carbons (Fsp3) is 0.250. The van der Waals surface area contributed by atoms with Gasteiger partial charge in [-0.15, -0.1) is 0 Å². The molecule has 7 nitrogen and oxygen atoms in total. The molecule has 11 heteroatoms. The quantitative estimate of drug-likeness (QED) is 0.645. The van der Waals surface area contributed by atoms with Gasteiger partial charge in [-0.1, -0.05) is 12.1 Å². The number of hydrogen-bond acceptors (Lipinski definition) is 5. The maximum absolute atomic E-state index is 13.0. The van der Waals surface area contributed by atoms with Crippen LogP contribution in [-0.2, 0) is 21.4 Å². The number of carbonyl (C=O) groups excluding carboxylic acids is 1. The normalized spacial score (nSPS) is 11.6. The standard InChI is InChI=1S/C20H17F3N4O3S/c1-26(31(29,30)18-8-6-16(11-25)7-9-18)13-19(28)27(14-20(21,22)23)12-17-4-2-15(10-24)3-5-17/h2-9H,12-14H2,1H3. The van der Waals surface area contributed by atoms with Crippen LogP contribution in [0.2, 0.25) is 0 Å². The number of nitrogens with zero attached hydrogens (tertiary/aromatic N) is 4. The fourth-order valence-corrected chi connectivity index (χ4v) is 3.73. The molecule has 0 saturated carbocycles. The Kier molecular flexibility index (Phi) is 7.39. The second kappa shape index (κ2) is 9.60. The Labute approximate surface area is 177 Å². The van der Waals surface area contributed by atoms with E-state index in [0.717, 1.165) is 7.05 Å². The minimum absolute atomic E-state index is 0.198. The first-order chi connectivity index (χ1) is 14.5. The fourth-order valence-electron chi connectivity index (χ4n) is 2.61. The summed E-state index contributed by atoms with van der Waals surface area (Å²) in [5.41, 5.74) is 0.899. The number of carbonyl (C=O) groups is 1. The minimum Gasteiger partial charge on any atom is -0.328 e. The molecule has 0 heterocycles. The molecule has 0 saturated heterocycles. The van der Waals surface area contributed by atoms with Gasteiger partial charge in [-0.25, -0.2) is 8.42 Å². The number of alkyl halides is 3. The molecule has 0 atom stereocenters. The van der Waals surface area contributed by atoms with Crippen LogP contribution in [0.3, 0.4) is 0 Å². The van der Waals surface area contributed by atoms with Crippen molar-refractivity contribution in [1.29, 1.82) is 10.5 Å².